The maximum atomic E-state index is 13.7. The molecule has 2 unspecified atom stereocenters. The molecule has 0 fully saturated rings. The van der Waals surface area contributed by atoms with E-state index in [2.05, 4.69) is 27.0 Å². The molecule has 8 nitrogen and oxygen atoms in total. The monoisotopic (exact) mass is 491 g/mol. The third-order valence-corrected chi connectivity index (χ3v) is 6.57. The first-order valence-electron chi connectivity index (χ1n) is 12.0. The normalized spacial score (nSPS) is 15.6. The number of hydrogen-bond acceptors (Lipinski definition) is 5. The van der Waals surface area contributed by atoms with E-state index >= 15 is 0 Å². The number of hydrogen-bond donors (Lipinski definition) is 3. The number of benzene rings is 2. The van der Waals surface area contributed by atoms with E-state index < -0.39 is 23.3 Å². The van der Waals surface area contributed by atoms with Gasteiger partial charge in [0, 0.05) is 5.56 Å². The Bertz CT molecular complexity index is 1350. The predicted molar refractivity (Wildman–Crippen MR) is 136 cm³/mol. The summed E-state index contributed by atoms with van der Waals surface area (Å²) >= 11 is 0. The van der Waals surface area contributed by atoms with Crippen LogP contribution in [-0.4, -0.2) is 34.5 Å². The summed E-state index contributed by atoms with van der Waals surface area (Å²) in [7, 11) is 1.63. The molecule has 188 valence electrons. The molecule has 2 amide bonds. The van der Waals surface area contributed by atoms with Crippen molar-refractivity contribution in [2.75, 3.05) is 12.4 Å². The molecule has 0 radical (unpaired) electrons. The maximum absolute atomic E-state index is 13.7. The van der Waals surface area contributed by atoms with Gasteiger partial charge in [-0.15, -0.1) is 0 Å². The van der Waals surface area contributed by atoms with Gasteiger partial charge in [0.15, 0.2) is 0 Å². The highest BCUT2D eigenvalue weighted by molar-refractivity contribution is 5.94. The summed E-state index contributed by atoms with van der Waals surface area (Å²) in [5.74, 6) is -0.953. The first-order valence-corrected chi connectivity index (χ1v) is 12.0. The van der Waals surface area contributed by atoms with Gasteiger partial charge in [0.1, 0.15) is 23.9 Å². The van der Waals surface area contributed by atoms with Crippen molar-refractivity contribution in [1.82, 2.24) is 20.2 Å². The lowest BCUT2D eigenvalue weighted by Gasteiger charge is -2.26. The minimum atomic E-state index is -0.570. The van der Waals surface area contributed by atoms with Gasteiger partial charge in [-0.3, -0.25) is 19.0 Å². The number of carbonyl (C=O) groups excluding carboxylic acids is 2. The topological polar surface area (TPSA) is 105 Å². The molecule has 2 atom stereocenters. The summed E-state index contributed by atoms with van der Waals surface area (Å²) in [6.07, 6.45) is 3.99. The summed E-state index contributed by atoms with van der Waals surface area (Å²) in [6, 6.07) is 11.5. The van der Waals surface area contributed by atoms with Crippen LogP contribution in [0.1, 0.15) is 42.5 Å². The zero-order valence-electron chi connectivity index (χ0n) is 20.6. The fraction of sp³-hybridized carbons (Fsp3) is 0.333. The molecule has 1 aliphatic carbocycles. The number of carbonyl (C=O) groups is 2. The van der Waals surface area contributed by atoms with Gasteiger partial charge in [-0.05, 0) is 75.0 Å². The number of anilines is 1. The summed E-state index contributed by atoms with van der Waals surface area (Å²) in [4.78, 5) is 43.4. The van der Waals surface area contributed by atoms with Crippen molar-refractivity contribution in [2.24, 2.45) is 0 Å². The number of rotatable bonds is 7. The molecule has 0 bridgehead atoms. The number of fused-ring (bicyclic) bond motifs is 1. The van der Waals surface area contributed by atoms with E-state index in [0.29, 0.717) is 11.1 Å². The number of aromatic nitrogens is 2. The van der Waals surface area contributed by atoms with Crippen LogP contribution in [0.5, 0.6) is 0 Å². The Balaban J connectivity index is 1.68. The van der Waals surface area contributed by atoms with Gasteiger partial charge in [-0.25, -0.2) is 9.37 Å². The van der Waals surface area contributed by atoms with Crippen LogP contribution in [0.25, 0.3) is 11.4 Å². The van der Waals surface area contributed by atoms with E-state index in [0.717, 1.165) is 24.8 Å². The van der Waals surface area contributed by atoms with Crippen molar-refractivity contribution in [3.8, 4) is 11.4 Å². The average Bonchev–Trinajstić information content (AvgIpc) is 2.86. The van der Waals surface area contributed by atoms with Crippen LogP contribution in [0.3, 0.4) is 0 Å². The fourth-order valence-electron chi connectivity index (χ4n) is 4.48. The smallest absolute Gasteiger partial charge is 0.278 e. The van der Waals surface area contributed by atoms with E-state index in [9.17, 15) is 18.8 Å². The number of nitrogens with one attached hydrogen (secondary N) is 3. The molecule has 0 spiro atoms. The molecule has 3 N–H and O–H groups in total. The molecule has 36 heavy (non-hydrogen) atoms. The Morgan fingerprint density at radius 3 is 2.75 bits per heavy atom. The van der Waals surface area contributed by atoms with E-state index in [1.165, 1.54) is 34.5 Å². The SMILES string of the molecule is CNC(C)C(=O)Nc1cnc(-c2ccc(F)cc2C)n(CC(=O)NC2CCCc3ccccc32)c1=O. The van der Waals surface area contributed by atoms with Gasteiger partial charge < -0.3 is 16.0 Å². The van der Waals surface area contributed by atoms with Gasteiger partial charge in [-0.1, -0.05) is 24.3 Å². The van der Waals surface area contributed by atoms with Crippen molar-refractivity contribution in [1.29, 1.82) is 0 Å². The predicted octanol–water partition coefficient (Wildman–Crippen LogP) is 3.10. The van der Waals surface area contributed by atoms with Crippen LogP contribution in [0.15, 0.2) is 53.5 Å². The van der Waals surface area contributed by atoms with E-state index in [-0.39, 0.29) is 30.0 Å². The number of likely N-dealkylation sites (N-methyl/N-ethyl adjacent to an activating group) is 1. The lowest BCUT2D eigenvalue weighted by Crippen LogP contribution is -2.40. The molecule has 1 aliphatic rings. The van der Waals surface area contributed by atoms with Gasteiger partial charge in [-0.2, -0.15) is 0 Å². The van der Waals surface area contributed by atoms with Crippen molar-refractivity contribution in [3.05, 3.63) is 81.5 Å². The second-order valence-electron chi connectivity index (χ2n) is 9.06. The Labute approximate surface area is 209 Å². The Hall–Kier alpha value is -3.85. The molecule has 3 aromatic rings. The minimum absolute atomic E-state index is 0.0403. The number of aryl methyl sites for hydroxylation is 2. The lowest BCUT2D eigenvalue weighted by atomic mass is 9.88. The molecule has 0 saturated carbocycles. The first-order chi connectivity index (χ1) is 17.3. The zero-order valence-corrected chi connectivity index (χ0v) is 20.6. The summed E-state index contributed by atoms with van der Waals surface area (Å²) in [5.41, 5.74) is 2.77. The molecule has 9 heteroatoms. The highest BCUT2D eigenvalue weighted by Crippen LogP contribution is 2.29. The molecular formula is C27H30FN5O3. The van der Waals surface area contributed by atoms with Crippen LogP contribution < -0.4 is 21.5 Å². The van der Waals surface area contributed by atoms with Gasteiger partial charge >= 0.3 is 0 Å². The van der Waals surface area contributed by atoms with Crippen LogP contribution in [-0.2, 0) is 22.6 Å². The van der Waals surface area contributed by atoms with Crippen LogP contribution in [0, 0.1) is 12.7 Å². The molecule has 0 saturated heterocycles. The largest absolute Gasteiger partial charge is 0.348 e. The van der Waals surface area contributed by atoms with Crippen molar-refractivity contribution in [2.45, 2.75) is 51.7 Å². The molecule has 4 rings (SSSR count). The summed E-state index contributed by atoms with van der Waals surface area (Å²) < 4.78 is 15.0. The third kappa shape index (κ3) is 5.36. The maximum Gasteiger partial charge on any atom is 0.278 e. The van der Waals surface area contributed by atoms with Crippen LogP contribution in [0.2, 0.25) is 0 Å². The fourth-order valence-corrected chi connectivity index (χ4v) is 4.48. The molecule has 0 aliphatic heterocycles. The molecule has 1 aromatic heterocycles. The quantitative estimate of drug-likeness (QED) is 0.471. The second kappa shape index (κ2) is 10.8. The van der Waals surface area contributed by atoms with Crippen LogP contribution >= 0.6 is 0 Å². The highest BCUT2D eigenvalue weighted by atomic mass is 19.1. The first kappa shape index (κ1) is 25.2. The molecular weight excluding hydrogens is 461 g/mol. The van der Waals surface area contributed by atoms with E-state index in [4.69, 9.17) is 0 Å². The van der Waals surface area contributed by atoms with Gasteiger partial charge in [0.2, 0.25) is 11.8 Å². The van der Waals surface area contributed by atoms with Gasteiger partial charge in [0.05, 0.1) is 18.3 Å². The van der Waals surface area contributed by atoms with Crippen molar-refractivity contribution < 1.29 is 14.0 Å². The molecule has 2 aromatic carbocycles. The standard InChI is InChI=1S/C27H30FN5O3/c1-16-13-19(28)11-12-20(16)25-30-14-23(32-26(35)17(2)29-3)27(36)33(25)15-24(34)31-22-10-6-8-18-7-4-5-9-21(18)22/h4-5,7,9,11-14,17,22,29H,6,8,10,15H2,1-3H3,(H,31,34)(H,32,35). The van der Waals surface area contributed by atoms with E-state index in [1.54, 1.807) is 20.9 Å². The zero-order chi connectivity index (χ0) is 25.8. The number of halogens is 1. The Morgan fingerprint density at radius 2 is 2.00 bits per heavy atom. The molecule has 1 heterocycles. The van der Waals surface area contributed by atoms with Crippen molar-refractivity contribution >= 4 is 17.5 Å². The lowest BCUT2D eigenvalue weighted by molar-refractivity contribution is -0.122. The van der Waals surface area contributed by atoms with Gasteiger partial charge in [0.25, 0.3) is 5.56 Å². The summed E-state index contributed by atoms with van der Waals surface area (Å²) in [5, 5.41) is 8.45. The average molecular weight is 492 g/mol. The van der Waals surface area contributed by atoms with E-state index in [1.807, 2.05) is 18.2 Å². The Morgan fingerprint density at radius 1 is 1.22 bits per heavy atom. The minimum Gasteiger partial charge on any atom is -0.348 e. The Kier molecular flexibility index (Phi) is 7.59. The van der Waals surface area contributed by atoms with Crippen LogP contribution in [0.4, 0.5) is 10.1 Å². The van der Waals surface area contributed by atoms with Crippen molar-refractivity contribution in [3.63, 3.8) is 0 Å². The second-order valence-corrected chi connectivity index (χ2v) is 9.06. The number of amides is 2. The third-order valence-electron chi connectivity index (χ3n) is 6.57. The summed E-state index contributed by atoms with van der Waals surface area (Å²) in [6.45, 7) is 3.06. The highest BCUT2D eigenvalue weighted by Gasteiger charge is 2.24. The number of nitrogens with zero attached hydrogens (tertiary/aromatic N) is 2.